The lowest BCUT2D eigenvalue weighted by Gasteiger charge is -2.20. The SMILES string of the molecule is CC1=C(C(=O)OCc2ccc(F)cc2)CNC(=S)N1. The van der Waals surface area contributed by atoms with Crippen LogP contribution in [0.1, 0.15) is 12.5 Å². The van der Waals surface area contributed by atoms with Crippen LogP contribution in [0.2, 0.25) is 0 Å². The molecule has 0 fully saturated rings. The topological polar surface area (TPSA) is 50.4 Å². The zero-order chi connectivity index (χ0) is 13.8. The maximum atomic E-state index is 12.7. The number of ether oxygens (including phenoxy) is 1. The van der Waals surface area contributed by atoms with Crippen molar-refractivity contribution in [2.24, 2.45) is 0 Å². The number of carbonyl (C=O) groups is 1. The summed E-state index contributed by atoms with van der Waals surface area (Å²) in [7, 11) is 0. The van der Waals surface area contributed by atoms with Crippen molar-refractivity contribution in [1.29, 1.82) is 0 Å². The molecule has 1 heterocycles. The van der Waals surface area contributed by atoms with Gasteiger partial charge >= 0.3 is 5.97 Å². The normalized spacial score (nSPS) is 14.7. The highest BCUT2D eigenvalue weighted by Crippen LogP contribution is 2.10. The fraction of sp³-hybridized carbons (Fsp3) is 0.231. The number of esters is 1. The van der Waals surface area contributed by atoms with Gasteiger partial charge in [-0.25, -0.2) is 9.18 Å². The van der Waals surface area contributed by atoms with Gasteiger partial charge in [0.05, 0.1) is 12.1 Å². The molecule has 1 aromatic rings. The monoisotopic (exact) mass is 280 g/mol. The molecule has 0 radical (unpaired) electrons. The number of nitrogens with one attached hydrogen (secondary N) is 2. The predicted octanol–water partition coefficient (Wildman–Crippen LogP) is 1.62. The van der Waals surface area contributed by atoms with Gasteiger partial charge in [0.2, 0.25) is 0 Å². The molecule has 0 unspecified atom stereocenters. The number of hydrogen-bond donors (Lipinski definition) is 2. The Morgan fingerprint density at radius 2 is 2.11 bits per heavy atom. The molecule has 0 amide bonds. The standard InChI is InChI=1S/C13H13FN2O2S/c1-8-11(6-15-13(19)16-8)12(17)18-7-9-2-4-10(14)5-3-9/h2-5H,6-7H2,1H3,(H2,15,16,19). The summed E-state index contributed by atoms with van der Waals surface area (Å²) in [5.41, 5.74) is 1.93. The molecule has 0 atom stereocenters. The molecule has 1 aliphatic rings. The van der Waals surface area contributed by atoms with Crippen LogP contribution in [0, 0.1) is 5.82 Å². The Bertz CT molecular complexity index is 540. The molecule has 0 saturated heterocycles. The Balaban J connectivity index is 1.96. The molecule has 0 bridgehead atoms. The molecular weight excluding hydrogens is 267 g/mol. The summed E-state index contributed by atoms with van der Waals surface area (Å²) in [5, 5.41) is 6.22. The van der Waals surface area contributed by atoms with E-state index in [0.717, 1.165) is 5.56 Å². The third-order valence-corrected chi connectivity index (χ3v) is 2.96. The van der Waals surface area contributed by atoms with E-state index in [1.54, 1.807) is 19.1 Å². The highest BCUT2D eigenvalue weighted by molar-refractivity contribution is 7.80. The highest BCUT2D eigenvalue weighted by Gasteiger charge is 2.19. The summed E-state index contributed by atoms with van der Waals surface area (Å²) in [6.07, 6.45) is 0. The Kier molecular flexibility index (Phi) is 4.11. The van der Waals surface area contributed by atoms with E-state index in [-0.39, 0.29) is 12.4 Å². The molecule has 0 aromatic heterocycles. The van der Waals surface area contributed by atoms with Gasteiger partial charge in [0.15, 0.2) is 5.11 Å². The second kappa shape index (κ2) is 5.79. The molecule has 100 valence electrons. The van der Waals surface area contributed by atoms with Crippen LogP contribution in [0.5, 0.6) is 0 Å². The summed E-state index contributed by atoms with van der Waals surface area (Å²) in [6, 6.07) is 5.82. The molecule has 19 heavy (non-hydrogen) atoms. The van der Waals surface area contributed by atoms with Crippen LogP contribution in [0.3, 0.4) is 0 Å². The van der Waals surface area contributed by atoms with E-state index in [2.05, 4.69) is 10.6 Å². The molecule has 6 heteroatoms. The van der Waals surface area contributed by atoms with Crippen LogP contribution in [-0.2, 0) is 16.1 Å². The average Bonchev–Trinajstić information content (AvgIpc) is 2.37. The lowest BCUT2D eigenvalue weighted by atomic mass is 10.2. The maximum absolute atomic E-state index is 12.7. The summed E-state index contributed by atoms with van der Waals surface area (Å²) >= 11 is 4.93. The highest BCUT2D eigenvalue weighted by atomic mass is 32.1. The molecule has 2 N–H and O–H groups in total. The second-order valence-electron chi connectivity index (χ2n) is 4.11. The van der Waals surface area contributed by atoms with Crippen molar-refractivity contribution in [3.63, 3.8) is 0 Å². The van der Waals surface area contributed by atoms with Gasteiger partial charge in [-0.2, -0.15) is 0 Å². The minimum absolute atomic E-state index is 0.111. The zero-order valence-electron chi connectivity index (χ0n) is 10.3. The van der Waals surface area contributed by atoms with Crippen LogP contribution in [0.25, 0.3) is 0 Å². The van der Waals surface area contributed by atoms with Crippen LogP contribution >= 0.6 is 12.2 Å². The summed E-state index contributed by atoms with van der Waals surface area (Å²) in [4.78, 5) is 11.9. The van der Waals surface area contributed by atoms with Crippen molar-refractivity contribution < 1.29 is 13.9 Å². The number of thiocarbonyl (C=S) groups is 1. The minimum Gasteiger partial charge on any atom is -0.457 e. The zero-order valence-corrected chi connectivity index (χ0v) is 11.1. The van der Waals surface area contributed by atoms with Gasteiger partial charge in [-0.05, 0) is 36.8 Å². The fourth-order valence-electron chi connectivity index (χ4n) is 1.63. The van der Waals surface area contributed by atoms with Crippen molar-refractivity contribution in [3.05, 3.63) is 46.9 Å². The third kappa shape index (κ3) is 3.51. The van der Waals surface area contributed by atoms with E-state index in [1.165, 1.54) is 12.1 Å². The van der Waals surface area contributed by atoms with E-state index < -0.39 is 5.97 Å². The number of carbonyl (C=O) groups excluding carboxylic acids is 1. The van der Waals surface area contributed by atoms with Gasteiger partial charge in [-0.3, -0.25) is 0 Å². The number of benzene rings is 1. The van der Waals surface area contributed by atoms with Crippen LogP contribution in [0.15, 0.2) is 35.5 Å². The summed E-state index contributed by atoms with van der Waals surface area (Å²) < 4.78 is 17.9. The van der Waals surface area contributed by atoms with E-state index in [1.807, 2.05) is 0 Å². The number of rotatable bonds is 3. The van der Waals surface area contributed by atoms with E-state index in [0.29, 0.717) is 22.9 Å². The molecule has 0 spiro atoms. The number of hydrogen-bond acceptors (Lipinski definition) is 3. The first kappa shape index (κ1) is 13.5. The van der Waals surface area contributed by atoms with Crippen molar-refractivity contribution in [1.82, 2.24) is 10.6 Å². The first-order chi connectivity index (χ1) is 9.06. The number of halogens is 1. The van der Waals surface area contributed by atoms with Gasteiger partial charge in [0.1, 0.15) is 12.4 Å². The summed E-state index contributed by atoms with van der Waals surface area (Å²) in [6.45, 7) is 2.22. The molecule has 0 aliphatic carbocycles. The first-order valence-corrected chi connectivity index (χ1v) is 6.13. The van der Waals surface area contributed by atoms with Gasteiger partial charge in [0, 0.05) is 5.70 Å². The second-order valence-corrected chi connectivity index (χ2v) is 4.52. The van der Waals surface area contributed by atoms with E-state index in [4.69, 9.17) is 17.0 Å². The lowest BCUT2D eigenvalue weighted by Crippen LogP contribution is -2.42. The third-order valence-electron chi connectivity index (χ3n) is 2.71. The maximum Gasteiger partial charge on any atom is 0.337 e. The molecule has 1 aliphatic heterocycles. The average molecular weight is 280 g/mol. The fourth-order valence-corrected chi connectivity index (χ4v) is 1.86. The number of allylic oxidation sites excluding steroid dienone is 1. The Morgan fingerprint density at radius 1 is 1.42 bits per heavy atom. The predicted molar refractivity (Wildman–Crippen MR) is 72.6 cm³/mol. The van der Waals surface area contributed by atoms with Crippen molar-refractivity contribution in [2.45, 2.75) is 13.5 Å². The van der Waals surface area contributed by atoms with Crippen molar-refractivity contribution >= 4 is 23.3 Å². The van der Waals surface area contributed by atoms with Gasteiger partial charge in [-0.1, -0.05) is 12.1 Å². The largest absolute Gasteiger partial charge is 0.457 e. The van der Waals surface area contributed by atoms with Gasteiger partial charge < -0.3 is 15.4 Å². The van der Waals surface area contributed by atoms with E-state index >= 15 is 0 Å². The minimum atomic E-state index is -0.413. The lowest BCUT2D eigenvalue weighted by molar-refractivity contribution is -0.140. The van der Waals surface area contributed by atoms with Crippen molar-refractivity contribution in [3.8, 4) is 0 Å². The Labute approximate surface area is 115 Å². The van der Waals surface area contributed by atoms with Crippen LogP contribution < -0.4 is 10.6 Å². The molecule has 2 rings (SSSR count). The van der Waals surface area contributed by atoms with E-state index in [9.17, 15) is 9.18 Å². The van der Waals surface area contributed by atoms with Gasteiger partial charge in [0.25, 0.3) is 0 Å². The Morgan fingerprint density at radius 3 is 2.74 bits per heavy atom. The quantitative estimate of drug-likeness (QED) is 0.651. The van der Waals surface area contributed by atoms with Crippen LogP contribution in [-0.4, -0.2) is 17.6 Å². The molecule has 0 saturated carbocycles. The first-order valence-electron chi connectivity index (χ1n) is 5.72. The molecule has 4 nitrogen and oxygen atoms in total. The molecular formula is C13H13FN2O2S. The molecule has 1 aromatic carbocycles. The Hall–Kier alpha value is -1.95. The van der Waals surface area contributed by atoms with Gasteiger partial charge in [-0.15, -0.1) is 0 Å². The smallest absolute Gasteiger partial charge is 0.337 e. The summed E-state index contributed by atoms with van der Waals surface area (Å²) in [5.74, 6) is -0.729. The van der Waals surface area contributed by atoms with Crippen LogP contribution in [0.4, 0.5) is 4.39 Å². The van der Waals surface area contributed by atoms with Crippen molar-refractivity contribution in [2.75, 3.05) is 6.54 Å².